The van der Waals surface area contributed by atoms with Crippen molar-refractivity contribution in [1.82, 2.24) is 14.5 Å². The number of nitriles is 1. The van der Waals surface area contributed by atoms with E-state index in [1.807, 2.05) is 66.8 Å². The van der Waals surface area contributed by atoms with Crippen molar-refractivity contribution >= 4 is 33.6 Å². The zero-order chi connectivity index (χ0) is 21.2. The Morgan fingerprint density at radius 2 is 1.40 bits per heavy atom. The van der Waals surface area contributed by atoms with Gasteiger partial charge in [0.15, 0.2) is 0 Å². The molecule has 6 nitrogen and oxygen atoms in total. The van der Waals surface area contributed by atoms with Crippen LogP contribution >= 0.6 is 0 Å². The first-order valence-corrected chi connectivity index (χ1v) is 9.78. The number of carbonyl (C=O) groups excluding carboxylic acids is 2. The van der Waals surface area contributed by atoms with Gasteiger partial charge in [-0.05, 0) is 41.8 Å². The molecule has 4 aromatic rings. The van der Waals surface area contributed by atoms with Crippen LogP contribution < -0.4 is 5.32 Å². The molecule has 0 saturated carbocycles. The van der Waals surface area contributed by atoms with Crippen molar-refractivity contribution in [2.45, 2.75) is 18.8 Å². The molecule has 0 aliphatic carbocycles. The normalized spacial score (nSPS) is 18.9. The number of carbonyl (C=O) groups is 2. The fourth-order valence-electron chi connectivity index (χ4n) is 4.73. The SMILES string of the molecule is Cc1ccc2c(C3C(=O)NC(=O)C3c3cn(C)c4cc(C#N)ccc34)cn(C)c2c1. The third-order valence-corrected chi connectivity index (χ3v) is 6.14. The highest BCUT2D eigenvalue weighted by Crippen LogP contribution is 2.43. The van der Waals surface area contributed by atoms with Crippen molar-refractivity contribution in [2.24, 2.45) is 14.1 Å². The summed E-state index contributed by atoms with van der Waals surface area (Å²) in [6.07, 6.45) is 3.86. The third-order valence-electron chi connectivity index (χ3n) is 6.14. The number of fused-ring (bicyclic) bond motifs is 2. The lowest BCUT2D eigenvalue weighted by Crippen LogP contribution is -2.21. The molecule has 1 N–H and O–H groups in total. The lowest BCUT2D eigenvalue weighted by atomic mass is 9.83. The maximum absolute atomic E-state index is 12.9. The van der Waals surface area contributed by atoms with E-state index in [0.717, 1.165) is 38.5 Å². The lowest BCUT2D eigenvalue weighted by Gasteiger charge is -2.15. The molecule has 2 unspecified atom stereocenters. The van der Waals surface area contributed by atoms with E-state index >= 15 is 0 Å². The van der Waals surface area contributed by atoms with E-state index in [4.69, 9.17) is 0 Å². The molecule has 2 aromatic carbocycles. The van der Waals surface area contributed by atoms with Gasteiger partial charge < -0.3 is 9.13 Å². The third kappa shape index (κ3) is 2.49. The molecule has 1 saturated heterocycles. The molecule has 6 heteroatoms. The Kier molecular flexibility index (Phi) is 3.84. The zero-order valence-corrected chi connectivity index (χ0v) is 16.9. The first-order valence-electron chi connectivity index (χ1n) is 9.78. The molecular weight excluding hydrogens is 376 g/mol. The van der Waals surface area contributed by atoms with Gasteiger partial charge in [-0.1, -0.05) is 18.2 Å². The molecule has 0 bridgehead atoms. The highest BCUT2D eigenvalue weighted by atomic mass is 16.2. The second-order valence-corrected chi connectivity index (χ2v) is 8.06. The summed E-state index contributed by atoms with van der Waals surface area (Å²) in [6, 6.07) is 13.7. The lowest BCUT2D eigenvalue weighted by molar-refractivity contribution is -0.125. The summed E-state index contributed by atoms with van der Waals surface area (Å²) in [5.41, 5.74) is 5.25. The zero-order valence-electron chi connectivity index (χ0n) is 16.9. The largest absolute Gasteiger partial charge is 0.350 e. The fourth-order valence-corrected chi connectivity index (χ4v) is 4.73. The maximum atomic E-state index is 12.9. The number of hydrogen-bond acceptors (Lipinski definition) is 3. The fraction of sp³-hybridized carbons (Fsp3) is 0.208. The Morgan fingerprint density at radius 1 is 0.867 bits per heavy atom. The Balaban J connectivity index is 1.73. The van der Waals surface area contributed by atoms with Crippen molar-refractivity contribution in [3.05, 3.63) is 71.0 Å². The topological polar surface area (TPSA) is 79.8 Å². The van der Waals surface area contributed by atoms with E-state index in [2.05, 4.69) is 17.5 Å². The molecule has 0 radical (unpaired) electrons. The predicted molar refractivity (Wildman–Crippen MR) is 114 cm³/mol. The van der Waals surface area contributed by atoms with E-state index in [9.17, 15) is 14.9 Å². The van der Waals surface area contributed by atoms with Gasteiger partial charge in [-0.15, -0.1) is 0 Å². The first kappa shape index (κ1) is 18.2. The number of hydrogen-bond donors (Lipinski definition) is 1. The Bertz CT molecular complexity index is 1420. The Hall–Kier alpha value is -3.85. The summed E-state index contributed by atoms with van der Waals surface area (Å²) < 4.78 is 3.91. The summed E-state index contributed by atoms with van der Waals surface area (Å²) in [5, 5.41) is 13.6. The van der Waals surface area contributed by atoms with E-state index < -0.39 is 11.8 Å². The van der Waals surface area contributed by atoms with Crippen LogP contribution in [0, 0.1) is 18.3 Å². The van der Waals surface area contributed by atoms with Gasteiger partial charge in [0, 0.05) is 48.3 Å². The van der Waals surface area contributed by atoms with Crippen LogP contribution in [0.25, 0.3) is 21.8 Å². The molecule has 1 aliphatic heterocycles. The van der Waals surface area contributed by atoms with Crippen LogP contribution in [0.5, 0.6) is 0 Å². The highest BCUT2D eigenvalue weighted by molar-refractivity contribution is 6.13. The quantitative estimate of drug-likeness (QED) is 0.528. The summed E-state index contributed by atoms with van der Waals surface area (Å²) in [5.74, 6) is -1.79. The number of rotatable bonds is 2. The van der Waals surface area contributed by atoms with Gasteiger partial charge in [0.1, 0.15) is 0 Å². The molecule has 148 valence electrons. The van der Waals surface area contributed by atoms with Gasteiger partial charge in [0.2, 0.25) is 11.8 Å². The molecular formula is C24H20N4O2. The van der Waals surface area contributed by atoms with Crippen molar-refractivity contribution in [2.75, 3.05) is 0 Å². The van der Waals surface area contributed by atoms with E-state index in [0.29, 0.717) is 5.56 Å². The monoisotopic (exact) mass is 396 g/mol. The van der Waals surface area contributed by atoms with Crippen LogP contribution in [0.4, 0.5) is 0 Å². The van der Waals surface area contributed by atoms with Gasteiger partial charge in [-0.25, -0.2) is 0 Å². The average Bonchev–Trinajstić information content (AvgIpc) is 3.32. The van der Waals surface area contributed by atoms with Gasteiger partial charge in [-0.2, -0.15) is 5.26 Å². The van der Waals surface area contributed by atoms with Crippen molar-refractivity contribution < 1.29 is 9.59 Å². The molecule has 0 spiro atoms. The summed E-state index contributed by atoms with van der Waals surface area (Å²) >= 11 is 0. The van der Waals surface area contributed by atoms with Crippen molar-refractivity contribution in [3.63, 3.8) is 0 Å². The van der Waals surface area contributed by atoms with Crippen LogP contribution in [-0.2, 0) is 23.7 Å². The minimum atomic E-state index is -0.624. The predicted octanol–water partition coefficient (Wildman–Crippen LogP) is 3.37. The molecule has 1 fully saturated rings. The standard InChI is InChI=1S/C24H20N4O2/c1-13-4-6-15-17(11-27(2)19(15)8-13)21-22(24(30)26-23(21)29)18-12-28(3)20-9-14(10-25)5-7-16(18)20/h4-9,11-12,21-22H,1-3H3,(H,26,29,30). The first-order chi connectivity index (χ1) is 14.4. The van der Waals surface area contributed by atoms with E-state index in [1.165, 1.54) is 0 Å². The Labute approximate surface area is 173 Å². The average molecular weight is 396 g/mol. The number of nitrogens with zero attached hydrogens (tertiary/aromatic N) is 3. The second kappa shape index (κ2) is 6.33. The molecule has 30 heavy (non-hydrogen) atoms. The van der Waals surface area contributed by atoms with E-state index in [1.54, 1.807) is 6.07 Å². The van der Waals surface area contributed by atoms with Gasteiger partial charge >= 0.3 is 0 Å². The minimum Gasteiger partial charge on any atom is -0.350 e. The summed E-state index contributed by atoms with van der Waals surface area (Å²) in [4.78, 5) is 25.9. The van der Waals surface area contributed by atoms with Gasteiger partial charge in [-0.3, -0.25) is 14.9 Å². The molecule has 2 amide bonds. The Morgan fingerprint density at radius 3 is 1.97 bits per heavy atom. The maximum Gasteiger partial charge on any atom is 0.235 e. The smallest absolute Gasteiger partial charge is 0.235 e. The van der Waals surface area contributed by atoms with Crippen LogP contribution in [0.15, 0.2) is 48.8 Å². The number of nitrogens with one attached hydrogen (secondary N) is 1. The number of amides is 2. The molecule has 1 aliphatic rings. The van der Waals surface area contributed by atoms with Gasteiger partial charge in [0.05, 0.1) is 23.5 Å². The van der Waals surface area contributed by atoms with Crippen molar-refractivity contribution in [1.29, 1.82) is 5.26 Å². The van der Waals surface area contributed by atoms with E-state index in [-0.39, 0.29) is 11.8 Å². The van der Waals surface area contributed by atoms with Gasteiger partial charge in [0.25, 0.3) is 0 Å². The van der Waals surface area contributed by atoms with Crippen molar-refractivity contribution in [3.8, 4) is 6.07 Å². The molecule has 3 heterocycles. The summed E-state index contributed by atoms with van der Waals surface area (Å²) in [6.45, 7) is 2.03. The van der Waals surface area contributed by atoms with Crippen LogP contribution in [0.1, 0.15) is 34.1 Å². The minimum absolute atomic E-state index is 0.274. The second-order valence-electron chi connectivity index (χ2n) is 8.06. The molecule has 2 atom stereocenters. The highest BCUT2D eigenvalue weighted by Gasteiger charge is 2.45. The number of benzene rings is 2. The number of aryl methyl sites for hydroxylation is 3. The van der Waals surface area contributed by atoms with Crippen LogP contribution in [-0.4, -0.2) is 20.9 Å². The molecule has 2 aromatic heterocycles. The number of imide groups is 1. The molecule has 5 rings (SSSR count). The van der Waals surface area contributed by atoms with Crippen LogP contribution in [0.3, 0.4) is 0 Å². The number of aromatic nitrogens is 2. The summed E-state index contributed by atoms with van der Waals surface area (Å²) in [7, 11) is 3.84. The van der Waals surface area contributed by atoms with Crippen LogP contribution in [0.2, 0.25) is 0 Å².